The van der Waals surface area contributed by atoms with Gasteiger partial charge >= 0.3 is 11.9 Å². The van der Waals surface area contributed by atoms with Crippen molar-refractivity contribution in [3.05, 3.63) is 0 Å². The van der Waals surface area contributed by atoms with Crippen molar-refractivity contribution in [1.82, 2.24) is 0 Å². The van der Waals surface area contributed by atoms with Gasteiger partial charge < -0.3 is 9.47 Å². The number of hydrogen-bond donors (Lipinski definition) is 0. The highest BCUT2D eigenvalue weighted by molar-refractivity contribution is 5.91. The first-order valence-electron chi connectivity index (χ1n) is 8.03. The predicted octanol–water partition coefficient (Wildman–Crippen LogP) is 3.62. The van der Waals surface area contributed by atoms with E-state index in [9.17, 15) is 9.59 Å². The average Bonchev–Trinajstić information content (AvgIpc) is 2.36. The second-order valence-electron chi connectivity index (χ2n) is 5.56. The van der Waals surface area contributed by atoms with Crippen LogP contribution in [0.3, 0.4) is 0 Å². The molecule has 0 aliphatic heterocycles. The molecule has 116 valence electrons. The minimum absolute atomic E-state index is 0.267. The zero-order chi connectivity index (χ0) is 14.6. The molecule has 1 saturated carbocycles. The number of carbonyl (C=O) groups excluding carboxylic acids is 2. The van der Waals surface area contributed by atoms with E-state index in [1.54, 1.807) is 6.92 Å². The van der Waals surface area contributed by atoms with Gasteiger partial charge in [-0.15, -0.1) is 0 Å². The summed E-state index contributed by atoms with van der Waals surface area (Å²) >= 11 is 0. The van der Waals surface area contributed by atoms with Crippen LogP contribution in [0.2, 0.25) is 0 Å². The average molecular weight is 284 g/mol. The molecule has 0 atom stereocenters. The Balaban J connectivity index is 2.05. The van der Waals surface area contributed by atoms with Crippen molar-refractivity contribution in [3.63, 3.8) is 0 Å². The summed E-state index contributed by atoms with van der Waals surface area (Å²) in [7, 11) is 0. The van der Waals surface area contributed by atoms with Gasteiger partial charge in [0.2, 0.25) is 0 Å². The smallest absolute Gasteiger partial charge is 0.317 e. The normalized spacial score (nSPS) is 17.1. The van der Waals surface area contributed by atoms with E-state index in [2.05, 4.69) is 0 Å². The highest BCUT2D eigenvalue weighted by Gasteiger charge is 2.13. The van der Waals surface area contributed by atoms with Gasteiger partial charge in [-0.3, -0.25) is 9.59 Å². The third kappa shape index (κ3) is 8.18. The third-order valence-corrected chi connectivity index (χ3v) is 3.84. The van der Waals surface area contributed by atoms with Crippen molar-refractivity contribution in [2.45, 2.75) is 71.1 Å². The topological polar surface area (TPSA) is 52.6 Å². The van der Waals surface area contributed by atoms with Crippen molar-refractivity contribution in [2.75, 3.05) is 13.2 Å². The fraction of sp³-hybridized carbons (Fsp3) is 0.875. The maximum absolute atomic E-state index is 11.4. The van der Waals surface area contributed by atoms with Gasteiger partial charge in [0, 0.05) is 0 Å². The van der Waals surface area contributed by atoms with Gasteiger partial charge in [-0.25, -0.2) is 0 Å². The van der Waals surface area contributed by atoms with Crippen molar-refractivity contribution in [3.8, 4) is 0 Å². The Hall–Kier alpha value is -1.06. The summed E-state index contributed by atoms with van der Waals surface area (Å²) in [5, 5.41) is 0. The summed E-state index contributed by atoms with van der Waals surface area (Å²) in [5.41, 5.74) is 0. The van der Waals surface area contributed by atoms with Crippen molar-refractivity contribution >= 4 is 11.9 Å². The minimum atomic E-state index is -0.502. The van der Waals surface area contributed by atoms with Crippen LogP contribution in [0.15, 0.2) is 0 Å². The molecule has 0 radical (unpaired) electrons. The molecule has 1 aliphatic carbocycles. The van der Waals surface area contributed by atoms with Gasteiger partial charge in [0.05, 0.1) is 13.2 Å². The number of ether oxygens (including phenoxy) is 2. The maximum atomic E-state index is 11.4. The molecule has 0 heterocycles. The molecule has 1 rings (SSSR count). The Kier molecular flexibility index (Phi) is 9.09. The lowest BCUT2D eigenvalue weighted by Gasteiger charge is -2.19. The molecule has 0 aromatic carbocycles. The van der Waals surface area contributed by atoms with E-state index in [4.69, 9.17) is 9.47 Å². The molecule has 1 fully saturated rings. The molecule has 0 N–H and O–H groups in total. The monoisotopic (exact) mass is 284 g/mol. The quantitative estimate of drug-likeness (QED) is 0.407. The number of hydrogen-bond acceptors (Lipinski definition) is 4. The minimum Gasteiger partial charge on any atom is -0.466 e. The number of carbonyl (C=O) groups is 2. The molecule has 0 unspecified atom stereocenters. The molecule has 0 spiro atoms. The zero-order valence-corrected chi connectivity index (χ0v) is 12.7. The second-order valence-corrected chi connectivity index (χ2v) is 5.56. The van der Waals surface area contributed by atoms with Gasteiger partial charge in [-0.05, 0) is 25.7 Å². The Labute approximate surface area is 122 Å². The molecule has 0 bridgehead atoms. The van der Waals surface area contributed by atoms with Crippen molar-refractivity contribution < 1.29 is 19.1 Å². The lowest BCUT2D eigenvalue weighted by molar-refractivity contribution is -0.154. The van der Waals surface area contributed by atoms with E-state index in [0.29, 0.717) is 13.2 Å². The first-order valence-corrected chi connectivity index (χ1v) is 8.03. The standard InChI is InChI=1S/C16H28O4/c1-2-19-15(17)13-16(18)20-12-8-11-14-9-6-4-3-5-7-10-14/h14H,2-13H2,1H3. The molecule has 0 saturated heterocycles. The molecule has 4 heteroatoms. The Morgan fingerprint density at radius 1 is 0.950 bits per heavy atom. The Morgan fingerprint density at radius 2 is 1.55 bits per heavy atom. The summed E-state index contributed by atoms with van der Waals surface area (Å²) in [6, 6.07) is 0. The van der Waals surface area contributed by atoms with Gasteiger partial charge in [-0.1, -0.05) is 44.9 Å². The molecular weight excluding hydrogens is 256 g/mol. The number of rotatable bonds is 7. The zero-order valence-electron chi connectivity index (χ0n) is 12.7. The van der Waals surface area contributed by atoms with Crippen molar-refractivity contribution in [1.29, 1.82) is 0 Å². The molecular formula is C16H28O4. The van der Waals surface area contributed by atoms with E-state index >= 15 is 0 Å². The molecule has 1 aliphatic rings. The lowest BCUT2D eigenvalue weighted by atomic mass is 9.88. The van der Waals surface area contributed by atoms with Gasteiger partial charge in [0.1, 0.15) is 6.42 Å². The first-order chi connectivity index (χ1) is 9.72. The highest BCUT2D eigenvalue weighted by Crippen LogP contribution is 2.25. The van der Waals surface area contributed by atoms with Crippen LogP contribution in [0, 0.1) is 5.92 Å². The Morgan fingerprint density at radius 3 is 2.20 bits per heavy atom. The second kappa shape index (κ2) is 10.7. The van der Waals surface area contributed by atoms with Crippen LogP contribution in [-0.2, 0) is 19.1 Å². The number of esters is 2. The van der Waals surface area contributed by atoms with Crippen LogP contribution in [0.4, 0.5) is 0 Å². The summed E-state index contributed by atoms with van der Waals surface area (Å²) < 4.78 is 9.77. The summed E-state index contributed by atoms with van der Waals surface area (Å²) in [6.45, 7) is 2.45. The predicted molar refractivity (Wildman–Crippen MR) is 77.3 cm³/mol. The first kappa shape index (κ1) is 17.0. The SMILES string of the molecule is CCOC(=O)CC(=O)OCCCC1CCCCCCC1. The van der Waals surface area contributed by atoms with Crippen molar-refractivity contribution in [2.24, 2.45) is 5.92 Å². The van der Waals surface area contributed by atoms with Crippen LogP contribution in [0.1, 0.15) is 71.1 Å². The van der Waals surface area contributed by atoms with E-state index in [1.807, 2.05) is 0 Å². The van der Waals surface area contributed by atoms with E-state index in [1.165, 1.54) is 44.9 Å². The van der Waals surface area contributed by atoms with Crippen LogP contribution in [0.25, 0.3) is 0 Å². The van der Waals surface area contributed by atoms with E-state index < -0.39 is 11.9 Å². The third-order valence-electron chi connectivity index (χ3n) is 3.84. The summed E-state index contributed by atoms with van der Waals surface area (Å²) in [4.78, 5) is 22.4. The van der Waals surface area contributed by atoms with Crippen LogP contribution in [-0.4, -0.2) is 25.2 Å². The summed E-state index contributed by atoms with van der Waals surface area (Å²) in [6.07, 6.45) is 11.2. The van der Waals surface area contributed by atoms with E-state index in [0.717, 1.165) is 18.8 Å². The fourth-order valence-electron chi connectivity index (χ4n) is 2.77. The lowest BCUT2D eigenvalue weighted by Crippen LogP contribution is -2.14. The highest BCUT2D eigenvalue weighted by atomic mass is 16.6. The maximum Gasteiger partial charge on any atom is 0.317 e. The van der Waals surface area contributed by atoms with Gasteiger partial charge in [-0.2, -0.15) is 0 Å². The van der Waals surface area contributed by atoms with Gasteiger partial charge in [0.25, 0.3) is 0 Å². The van der Waals surface area contributed by atoms with Gasteiger partial charge in [0.15, 0.2) is 0 Å². The molecule has 20 heavy (non-hydrogen) atoms. The molecule has 0 aromatic heterocycles. The molecule has 0 amide bonds. The van der Waals surface area contributed by atoms with Crippen LogP contribution < -0.4 is 0 Å². The van der Waals surface area contributed by atoms with E-state index in [-0.39, 0.29) is 6.42 Å². The largest absolute Gasteiger partial charge is 0.466 e. The molecule has 0 aromatic rings. The molecule has 4 nitrogen and oxygen atoms in total. The summed E-state index contributed by atoms with van der Waals surface area (Å²) in [5.74, 6) is -0.183. The Bertz CT molecular complexity index is 280. The fourth-order valence-corrected chi connectivity index (χ4v) is 2.77. The van der Waals surface area contributed by atoms with Crippen LogP contribution in [0.5, 0.6) is 0 Å². The van der Waals surface area contributed by atoms with Crippen LogP contribution >= 0.6 is 0 Å².